The predicted octanol–water partition coefficient (Wildman–Crippen LogP) is 2.53. The van der Waals surface area contributed by atoms with E-state index >= 15 is 0 Å². The van der Waals surface area contributed by atoms with E-state index in [9.17, 15) is 0 Å². The average molecular weight is 340 g/mol. The molecule has 1 aromatic heterocycles. The van der Waals surface area contributed by atoms with Gasteiger partial charge in [0.15, 0.2) is 0 Å². The van der Waals surface area contributed by atoms with Crippen molar-refractivity contribution in [3.8, 4) is 0 Å². The number of hydrogen-bond acceptors (Lipinski definition) is 4. The summed E-state index contributed by atoms with van der Waals surface area (Å²) in [4.78, 5) is 9.32. The van der Waals surface area contributed by atoms with E-state index in [0.717, 1.165) is 43.3 Å². The summed E-state index contributed by atoms with van der Waals surface area (Å²) < 4.78 is 6.69. The molecule has 3 heterocycles. The second-order valence-corrected chi connectivity index (χ2v) is 6.67. The Morgan fingerprint density at radius 3 is 2.75 bits per heavy atom. The number of halogens is 1. The van der Waals surface area contributed by atoms with Crippen LogP contribution in [0, 0.1) is 0 Å². The van der Waals surface area contributed by atoms with Gasteiger partial charge in [0.1, 0.15) is 0 Å². The fraction of sp³-hybridized carbons (Fsp3) is 0.667. The van der Waals surface area contributed by atoms with E-state index in [1.807, 2.05) is 12.4 Å². The normalized spacial score (nSPS) is 25.9. The lowest BCUT2D eigenvalue weighted by molar-refractivity contribution is -0.0373. The molecule has 0 saturated carbocycles. The van der Waals surface area contributed by atoms with Crippen molar-refractivity contribution >= 4 is 21.6 Å². The van der Waals surface area contributed by atoms with Crippen LogP contribution < -0.4 is 4.90 Å². The maximum atomic E-state index is 5.64. The van der Waals surface area contributed by atoms with Crippen molar-refractivity contribution in [1.82, 2.24) is 9.88 Å². The third kappa shape index (κ3) is 3.32. The summed E-state index contributed by atoms with van der Waals surface area (Å²) in [7, 11) is 0. The van der Waals surface area contributed by atoms with Gasteiger partial charge >= 0.3 is 0 Å². The number of hydrogen-bond donors (Lipinski definition) is 0. The molecule has 5 heteroatoms. The molecule has 0 unspecified atom stereocenters. The zero-order valence-electron chi connectivity index (χ0n) is 12.0. The lowest BCUT2D eigenvalue weighted by Crippen LogP contribution is -2.51. The summed E-state index contributed by atoms with van der Waals surface area (Å²) in [6.45, 7) is 7.48. The van der Waals surface area contributed by atoms with Gasteiger partial charge in [-0.3, -0.25) is 9.88 Å². The third-order valence-electron chi connectivity index (χ3n) is 4.31. The molecule has 20 heavy (non-hydrogen) atoms. The Morgan fingerprint density at radius 2 is 2.05 bits per heavy atom. The molecule has 2 fully saturated rings. The lowest BCUT2D eigenvalue weighted by Gasteiger charge is -2.42. The molecular formula is C15H22BrN3O. The maximum Gasteiger partial charge on any atom is 0.0674 e. The number of piperidine rings is 1. The molecule has 0 radical (unpaired) electrons. The maximum absolute atomic E-state index is 5.64. The van der Waals surface area contributed by atoms with Gasteiger partial charge in [0.25, 0.3) is 0 Å². The zero-order valence-corrected chi connectivity index (χ0v) is 13.6. The molecule has 1 aromatic rings. The molecule has 2 saturated heterocycles. The average Bonchev–Trinajstić information content (AvgIpc) is 2.47. The molecule has 1 atom stereocenters. The minimum Gasteiger partial charge on any atom is -0.376 e. The standard InChI is InChI=1S/C15H22BrN3O/c1-12-11-19(6-7-20-12)14-2-4-18(5-3-14)15-8-13(16)9-17-10-15/h8-10,12,14H,2-7,11H2,1H3/t12-/m1/s1. The van der Waals surface area contributed by atoms with Gasteiger partial charge in [0, 0.05) is 42.9 Å². The quantitative estimate of drug-likeness (QED) is 0.827. The topological polar surface area (TPSA) is 28.6 Å². The highest BCUT2D eigenvalue weighted by Gasteiger charge is 2.27. The van der Waals surface area contributed by atoms with Gasteiger partial charge in [-0.15, -0.1) is 0 Å². The summed E-state index contributed by atoms with van der Waals surface area (Å²) in [5.41, 5.74) is 1.23. The highest BCUT2D eigenvalue weighted by molar-refractivity contribution is 9.10. The van der Waals surface area contributed by atoms with Gasteiger partial charge in [-0.05, 0) is 41.8 Å². The molecule has 110 valence electrons. The Hall–Kier alpha value is -0.650. The summed E-state index contributed by atoms with van der Waals surface area (Å²) in [5, 5.41) is 0. The van der Waals surface area contributed by atoms with Crippen LogP contribution in [0.25, 0.3) is 0 Å². The Morgan fingerprint density at radius 1 is 1.25 bits per heavy atom. The van der Waals surface area contributed by atoms with Crippen LogP contribution >= 0.6 is 15.9 Å². The number of aromatic nitrogens is 1. The first kappa shape index (κ1) is 14.3. The predicted molar refractivity (Wildman–Crippen MR) is 84.2 cm³/mol. The van der Waals surface area contributed by atoms with Crippen molar-refractivity contribution in [2.75, 3.05) is 37.7 Å². The van der Waals surface area contributed by atoms with Crippen molar-refractivity contribution in [2.45, 2.75) is 31.9 Å². The van der Waals surface area contributed by atoms with Crippen LogP contribution in [-0.2, 0) is 4.74 Å². The molecule has 0 aromatic carbocycles. The molecule has 0 N–H and O–H groups in total. The van der Waals surface area contributed by atoms with Gasteiger partial charge in [0.2, 0.25) is 0 Å². The number of pyridine rings is 1. The highest BCUT2D eigenvalue weighted by Crippen LogP contribution is 2.25. The molecular weight excluding hydrogens is 318 g/mol. The minimum atomic E-state index is 0.385. The Bertz CT molecular complexity index is 448. The molecule has 2 aliphatic heterocycles. The monoisotopic (exact) mass is 339 g/mol. The van der Waals surface area contributed by atoms with Crippen molar-refractivity contribution in [3.63, 3.8) is 0 Å². The van der Waals surface area contributed by atoms with Crippen LogP contribution in [0.2, 0.25) is 0 Å². The van der Waals surface area contributed by atoms with Crippen LogP contribution in [0.5, 0.6) is 0 Å². The van der Waals surface area contributed by atoms with E-state index in [0.29, 0.717) is 6.10 Å². The van der Waals surface area contributed by atoms with Crippen LogP contribution in [0.4, 0.5) is 5.69 Å². The van der Waals surface area contributed by atoms with Gasteiger partial charge in [-0.1, -0.05) is 0 Å². The van der Waals surface area contributed by atoms with E-state index < -0.39 is 0 Å². The van der Waals surface area contributed by atoms with Gasteiger partial charge < -0.3 is 9.64 Å². The Labute approximate surface area is 129 Å². The third-order valence-corrected chi connectivity index (χ3v) is 4.74. The molecule has 0 aliphatic carbocycles. The summed E-state index contributed by atoms with van der Waals surface area (Å²) in [5.74, 6) is 0. The lowest BCUT2D eigenvalue weighted by atomic mass is 10.0. The van der Waals surface area contributed by atoms with Crippen LogP contribution in [0.15, 0.2) is 22.9 Å². The smallest absolute Gasteiger partial charge is 0.0674 e. The fourth-order valence-corrected chi connectivity index (χ4v) is 3.59. The second-order valence-electron chi connectivity index (χ2n) is 5.76. The minimum absolute atomic E-state index is 0.385. The van der Waals surface area contributed by atoms with E-state index in [1.54, 1.807) is 0 Å². The van der Waals surface area contributed by atoms with Crippen molar-refractivity contribution in [3.05, 3.63) is 22.9 Å². The van der Waals surface area contributed by atoms with E-state index in [1.165, 1.54) is 18.5 Å². The van der Waals surface area contributed by atoms with Crippen molar-refractivity contribution in [1.29, 1.82) is 0 Å². The first-order chi connectivity index (χ1) is 9.72. The number of rotatable bonds is 2. The SMILES string of the molecule is C[C@@H]1CN(C2CCN(c3cncc(Br)c3)CC2)CCO1. The number of nitrogens with zero attached hydrogens (tertiary/aromatic N) is 3. The number of anilines is 1. The van der Waals surface area contributed by atoms with Gasteiger partial charge in [-0.25, -0.2) is 0 Å². The first-order valence-corrected chi connectivity index (χ1v) is 8.23. The molecule has 3 rings (SSSR count). The van der Waals surface area contributed by atoms with E-state index in [4.69, 9.17) is 4.74 Å². The summed E-state index contributed by atoms with van der Waals surface area (Å²) in [6, 6.07) is 2.88. The van der Waals surface area contributed by atoms with E-state index in [2.05, 4.69) is 43.7 Å². The molecule has 0 spiro atoms. The van der Waals surface area contributed by atoms with Crippen molar-refractivity contribution < 1.29 is 4.74 Å². The fourth-order valence-electron chi connectivity index (χ4n) is 3.24. The molecule has 4 nitrogen and oxygen atoms in total. The summed E-state index contributed by atoms with van der Waals surface area (Å²) >= 11 is 3.50. The molecule has 0 bridgehead atoms. The van der Waals surface area contributed by atoms with Gasteiger partial charge in [-0.2, -0.15) is 0 Å². The molecule has 2 aliphatic rings. The summed E-state index contributed by atoms with van der Waals surface area (Å²) in [6.07, 6.45) is 6.65. The largest absolute Gasteiger partial charge is 0.376 e. The van der Waals surface area contributed by atoms with Crippen molar-refractivity contribution in [2.24, 2.45) is 0 Å². The Kier molecular flexibility index (Phi) is 4.58. The second kappa shape index (κ2) is 6.41. The zero-order chi connectivity index (χ0) is 13.9. The van der Waals surface area contributed by atoms with Crippen LogP contribution in [-0.4, -0.2) is 54.8 Å². The first-order valence-electron chi connectivity index (χ1n) is 7.43. The van der Waals surface area contributed by atoms with Crippen LogP contribution in [0.1, 0.15) is 19.8 Å². The van der Waals surface area contributed by atoms with Crippen LogP contribution in [0.3, 0.4) is 0 Å². The van der Waals surface area contributed by atoms with E-state index in [-0.39, 0.29) is 0 Å². The molecule has 0 amide bonds. The number of morpholine rings is 1. The van der Waals surface area contributed by atoms with Gasteiger partial charge in [0.05, 0.1) is 24.6 Å². The Balaban J connectivity index is 1.56. The number of ether oxygens (including phenoxy) is 1. The highest BCUT2D eigenvalue weighted by atomic mass is 79.9.